The van der Waals surface area contributed by atoms with E-state index >= 15 is 0 Å². The minimum atomic E-state index is -0.496. The summed E-state index contributed by atoms with van der Waals surface area (Å²) in [4.78, 5) is 23.2. The Morgan fingerprint density at radius 3 is 2.33 bits per heavy atom. The number of hydrogen-bond donors (Lipinski definition) is 1. The van der Waals surface area contributed by atoms with Crippen LogP contribution in [0.25, 0.3) is 0 Å². The van der Waals surface area contributed by atoms with E-state index in [1.54, 1.807) is 31.2 Å². The van der Waals surface area contributed by atoms with Gasteiger partial charge in [0, 0.05) is 18.9 Å². The standard InChI is InChI=1S/C18H25NO5/c1-5-22-16(20)12-6-8-14(9-7-12)23-15-10-13(11-15)19-17(21)24-18(2,3)4/h6-9,13,15H,5,10-11H2,1-4H3,(H,19,21). The number of hydrogen-bond acceptors (Lipinski definition) is 5. The molecule has 0 radical (unpaired) electrons. The summed E-state index contributed by atoms with van der Waals surface area (Å²) in [5.41, 5.74) is 0.00648. The van der Waals surface area contributed by atoms with E-state index in [1.165, 1.54) is 0 Å². The zero-order valence-corrected chi connectivity index (χ0v) is 14.6. The van der Waals surface area contributed by atoms with Crippen molar-refractivity contribution in [3.8, 4) is 5.75 Å². The molecule has 1 saturated carbocycles. The van der Waals surface area contributed by atoms with Crippen LogP contribution in [-0.2, 0) is 9.47 Å². The van der Waals surface area contributed by atoms with E-state index in [2.05, 4.69) is 5.32 Å². The van der Waals surface area contributed by atoms with Crippen LogP contribution in [0.5, 0.6) is 5.75 Å². The Balaban J connectivity index is 1.73. The molecule has 1 amide bonds. The first-order chi connectivity index (χ1) is 11.3. The molecular formula is C18H25NO5. The minimum Gasteiger partial charge on any atom is -0.490 e. The van der Waals surface area contributed by atoms with Gasteiger partial charge in [-0.3, -0.25) is 0 Å². The van der Waals surface area contributed by atoms with Crippen molar-refractivity contribution in [1.29, 1.82) is 0 Å². The molecule has 0 atom stereocenters. The molecule has 1 aliphatic rings. The molecular weight excluding hydrogens is 310 g/mol. The molecule has 0 heterocycles. The maximum atomic E-state index is 11.7. The molecule has 1 N–H and O–H groups in total. The third-order valence-electron chi connectivity index (χ3n) is 3.48. The van der Waals surface area contributed by atoms with Gasteiger partial charge in [-0.2, -0.15) is 0 Å². The van der Waals surface area contributed by atoms with E-state index in [1.807, 2.05) is 20.8 Å². The van der Waals surface area contributed by atoms with Crippen molar-refractivity contribution in [1.82, 2.24) is 5.32 Å². The van der Waals surface area contributed by atoms with Crippen LogP contribution in [-0.4, -0.2) is 36.4 Å². The molecule has 0 saturated heterocycles. The van der Waals surface area contributed by atoms with Crippen molar-refractivity contribution in [3.05, 3.63) is 29.8 Å². The highest BCUT2D eigenvalue weighted by Crippen LogP contribution is 2.26. The predicted octanol–water partition coefficient (Wildman–Crippen LogP) is 3.30. The molecule has 1 fully saturated rings. The van der Waals surface area contributed by atoms with E-state index < -0.39 is 11.7 Å². The predicted molar refractivity (Wildman–Crippen MR) is 89.2 cm³/mol. The first-order valence-corrected chi connectivity index (χ1v) is 8.20. The molecule has 2 rings (SSSR count). The average molecular weight is 335 g/mol. The maximum absolute atomic E-state index is 11.7. The molecule has 1 aromatic rings. The molecule has 1 aromatic carbocycles. The normalized spacial score (nSPS) is 19.8. The van der Waals surface area contributed by atoms with Gasteiger partial charge in [-0.25, -0.2) is 9.59 Å². The van der Waals surface area contributed by atoms with Crippen molar-refractivity contribution in [3.63, 3.8) is 0 Å². The van der Waals surface area contributed by atoms with Gasteiger partial charge in [0.25, 0.3) is 0 Å². The molecule has 1 aliphatic carbocycles. The molecule has 0 bridgehead atoms. The van der Waals surface area contributed by atoms with Crippen LogP contribution in [0.15, 0.2) is 24.3 Å². The topological polar surface area (TPSA) is 73.9 Å². The number of ether oxygens (including phenoxy) is 3. The Labute approximate surface area is 142 Å². The molecule has 132 valence electrons. The van der Waals surface area contributed by atoms with Crippen LogP contribution in [0, 0.1) is 0 Å². The second-order valence-corrected chi connectivity index (χ2v) is 6.80. The summed E-state index contributed by atoms with van der Waals surface area (Å²) in [6.07, 6.45) is 1.13. The summed E-state index contributed by atoms with van der Waals surface area (Å²) in [5, 5.41) is 2.82. The fraction of sp³-hybridized carbons (Fsp3) is 0.556. The van der Waals surface area contributed by atoms with Crippen LogP contribution in [0.2, 0.25) is 0 Å². The van der Waals surface area contributed by atoms with Crippen LogP contribution in [0.4, 0.5) is 4.79 Å². The van der Waals surface area contributed by atoms with Crippen LogP contribution in [0.1, 0.15) is 50.9 Å². The molecule has 24 heavy (non-hydrogen) atoms. The smallest absolute Gasteiger partial charge is 0.407 e. The van der Waals surface area contributed by atoms with Crippen molar-refractivity contribution in [2.75, 3.05) is 6.61 Å². The van der Waals surface area contributed by atoms with Crippen molar-refractivity contribution < 1.29 is 23.8 Å². The molecule has 0 spiro atoms. The Hall–Kier alpha value is -2.24. The first-order valence-electron chi connectivity index (χ1n) is 8.20. The molecule has 0 aliphatic heterocycles. The fourth-order valence-corrected chi connectivity index (χ4v) is 2.33. The molecule has 6 nitrogen and oxygen atoms in total. The Morgan fingerprint density at radius 1 is 1.17 bits per heavy atom. The maximum Gasteiger partial charge on any atom is 0.407 e. The third-order valence-corrected chi connectivity index (χ3v) is 3.48. The second kappa shape index (κ2) is 7.55. The van der Waals surface area contributed by atoms with Crippen LogP contribution >= 0.6 is 0 Å². The Bertz CT molecular complexity index is 570. The molecule has 0 unspecified atom stereocenters. The van der Waals surface area contributed by atoms with Crippen molar-refractivity contribution >= 4 is 12.1 Å². The lowest BCUT2D eigenvalue weighted by Gasteiger charge is -2.36. The highest BCUT2D eigenvalue weighted by molar-refractivity contribution is 5.89. The van der Waals surface area contributed by atoms with Crippen molar-refractivity contribution in [2.45, 2.75) is 58.3 Å². The quantitative estimate of drug-likeness (QED) is 0.836. The monoisotopic (exact) mass is 335 g/mol. The summed E-state index contributed by atoms with van der Waals surface area (Å²) in [6.45, 7) is 7.62. The number of amides is 1. The summed E-state index contributed by atoms with van der Waals surface area (Å²) in [5.74, 6) is 0.359. The number of benzene rings is 1. The van der Waals surface area contributed by atoms with Gasteiger partial charge in [0.05, 0.1) is 12.2 Å². The highest BCUT2D eigenvalue weighted by Gasteiger charge is 2.33. The lowest BCUT2D eigenvalue weighted by atomic mass is 9.89. The largest absolute Gasteiger partial charge is 0.490 e. The lowest BCUT2D eigenvalue weighted by molar-refractivity contribution is 0.0362. The van der Waals surface area contributed by atoms with Gasteiger partial charge < -0.3 is 19.5 Å². The van der Waals surface area contributed by atoms with E-state index in [9.17, 15) is 9.59 Å². The fourth-order valence-electron chi connectivity index (χ4n) is 2.33. The van der Waals surface area contributed by atoms with E-state index in [4.69, 9.17) is 14.2 Å². The molecule has 6 heteroatoms. The number of nitrogens with one attached hydrogen (secondary N) is 1. The van der Waals surface area contributed by atoms with Gasteiger partial charge in [0.1, 0.15) is 17.5 Å². The SMILES string of the molecule is CCOC(=O)c1ccc(OC2CC(NC(=O)OC(C)(C)C)C2)cc1. The van der Waals surface area contributed by atoms with E-state index in [0.717, 1.165) is 12.8 Å². The van der Waals surface area contributed by atoms with Gasteiger partial charge in [-0.05, 0) is 52.0 Å². The first kappa shape index (κ1) is 18.1. The zero-order valence-electron chi connectivity index (χ0n) is 14.6. The third kappa shape index (κ3) is 5.44. The number of rotatable bonds is 5. The van der Waals surface area contributed by atoms with Crippen LogP contribution < -0.4 is 10.1 Å². The number of alkyl carbamates (subject to hydrolysis) is 1. The Kier molecular flexibility index (Phi) is 5.70. The van der Waals surface area contributed by atoms with Crippen molar-refractivity contribution in [2.24, 2.45) is 0 Å². The summed E-state index contributed by atoms with van der Waals surface area (Å²) in [6, 6.07) is 6.94. The second-order valence-electron chi connectivity index (χ2n) is 6.80. The van der Waals surface area contributed by atoms with E-state index in [0.29, 0.717) is 17.9 Å². The van der Waals surface area contributed by atoms with Gasteiger partial charge >= 0.3 is 12.1 Å². The van der Waals surface area contributed by atoms with E-state index in [-0.39, 0.29) is 18.1 Å². The number of esters is 1. The van der Waals surface area contributed by atoms with Gasteiger partial charge in [-0.15, -0.1) is 0 Å². The zero-order chi connectivity index (χ0) is 17.7. The summed E-state index contributed by atoms with van der Waals surface area (Å²) < 4.78 is 16.0. The highest BCUT2D eigenvalue weighted by atomic mass is 16.6. The number of carbonyl (C=O) groups excluding carboxylic acids is 2. The van der Waals surface area contributed by atoms with Crippen LogP contribution in [0.3, 0.4) is 0 Å². The van der Waals surface area contributed by atoms with Gasteiger partial charge in [0.2, 0.25) is 0 Å². The average Bonchev–Trinajstić information content (AvgIpc) is 2.44. The van der Waals surface area contributed by atoms with Gasteiger partial charge in [-0.1, -0.05) is 0 Å². The van der Waals surface area contributed by atoms with Gasteiger partial charge in [0.15, 0.2) is 0 Å². The molecule has 0 aromatic heterocycles. The number of carbonyl (C=O) groups is 2. The summed E-state index contributed by atoms with van der Waals surface area (Å²) >= 11 is 0. The Morgan fingerprint density at radius 2 is 1.79 bits per heavy atom. The lowest BCUT2D eigenvalue weighted by Crippen LogP contribution is -2.50. The minimum absolute atomic E-state index is 0.0541. The summed E-state index contributed by atoms with van der Waals surface area (Å²) in [7, 11) is 0.